The molecule has 1 aromatic rings. The molecule has 24 heavy (non-hydrogen) atoms. The van der Waals surface area contributed by atoms with Crippen LogP contribution in [0.3, 0.4) is 0 Å². The van der Waals surface area contributed by atoms with Gasteiger partial charge in [-0.05, 0) is 55.4 Å². The number of ether oxygens (including phenoxy) is 1. The van der Waals surface area contributed by atoms with E-state index in [1.54, 1.807) is 11.5 Å². The molecule has 0 bridgehead atoms. The van der Waals surface area contributed by atoms with Crippen LogP contribution in [-0.2, 0) is 22.4 Å². The average Bonchev–Trinajstić information content (AvgIpc) is 2.60. The highest BCUT2D eigenvalue weighted by atomic mass is 35.5. The van der Waals surface area contributed by atoms with Crippen LogP contribution in [0.1, 0.15) is 40.7 Å². The Morgan fingerprint density at radius 1 is 1.17 bits per heavy atom. The van der Waals surface area contributed by atoms with Crippen LogP contribution < -0.4 is 10.8 Å². The SMILES string of the molecule is O=C(NC1CCOCC1)c1cc2c(cc1Cl)CC(C(=O)NO)CC2. The van der Waals surface area contributed by atoms with Crippen LogP contribution >= 0.6 is 11.6 Å². The van der Waals surface area contributed by atoms with Gasteiger partial charge in [-0.2, -0.15) is 0 Å². The zero-order valence-corrected chi connectivity index (χ0v) is 14.1. The minimum atomic E-state index is -0.377. The fraction of sp³-hybridized carbons (Fsp3) is 0.529. The molecule has 1 saturated heterocycles. The van der Waals surface area contributed by atoms with Gasteiger partial charge in [0.05, 0.1) is 10.6 Å². The molecule has 1 fully saturated rings. The second-order valence-electron chi connectivity index (χ2n) is 6.38. The van der Waals surface area contributed by atoms with Crippen molar-refractivity contribution in [1.82, 2.24) is 10.8 Å². The highest BCUT2D eigenvalue weighted by Crippen LogP contribution is 2.30. The van der Waals surface area contributed by atoms with E-state index in [0.29, 0.717) is 43.1 Å². The summed E-state index contributed by atoms with van der Waals surface area (Å²) in [5, 5.41) is 12.2. The van der Waals surface area contributed by atoms with Crippen LogP contribution in [0, 0.1) is 5.92 Å². The summed E-state index contributed by atoms with van der Waals surface area (Å²) in [6.07, 6.45) is 3.46. The highest BCUT2D eigenvalue weighted by Gasteiger charge is 2.27. The molecule has 7 heteroatoms. The minimum Gasteiger partial charge on any atom is -0.381 e. The van der Waals surface area contributed by atoms with Crippen molar-refractivity contribution in [3.8, 4) is 0 Å². The second-order valence-corrected chi connectivity index (χ2v) is 6.78. The van der Waals surface area contributed by atoms with Crippen molar-refractivity contribution in [1.29, 1.82) is 0 Å². The standard InChI is InChI=1S/C17H21ClN2O4/c18-15-9-12-7-11(16(21)20-23)2-1-10(12)8-14(15)17(22)19-13-3-5-24-6-4-13/h8-9,11,13,23H,1-7H2,(H,19,22)(H,20,21). The molecule has 1 heterocycles. The fourth-order valence-corrected chi connectivity index (χ4v) is 3.65. The summed E-state index contributed by atoms with van der Waals surface area (Å²) in [5.74, 6) is -0.802. The molecule has 130 valence electrons. The van der Waals surface area contributed by atoms with Gasteiger partial charge in [0.2, 0.25) is 5.91 Å². The lowest BCUT2D eigenvalue weighted by Crippen LogP contribution is -2.39. The van der Waals surface area contributed by atoms with Crippen molar-refractivity contribution in [2.45, 2.75) is 38.1 Å². The Morgan fingerprint density at radius 3 is 2.62 bits per heavy atom. The number of hydrogen-bond donors (Lipinski definition) is 3. The Bertz CT molecular complexity index is 644. The Kier molecular flexibility index (Phi) is 5.38. The van der Waals surface area contributed by atoms with Gasteiger partial charge in [0.1, 0.15) is 0 Å². The van der Waals surface area contributed by atoms with E-state index < -0.39 is 0 Å². The van der Waals surface area contributed by atoms with Crippen LogP contribution in [0.25, 0.3) is 0 Å². The summed E-state index contributed by atoms with van der Waals surface area (Å²) >= 11 is 6.30. The molecule has 2 amide bonds. The van der Waals surface area contributed by atoms with Gasteiger partial charge in [-0.15, -0.1) is 0 Å². The summed E-state index contributed by atoms with van der Waals surface area (Å²) in [4.78, 5) is 24.1. The van der Waals surface area contributed by atoms with Gasteiger partial charge >= 0.3 is 0 Å². The van der Waals surface area contributed by atoms with E-state index in [0.717, 1.165) is 24.0 Å². The highest BCUT2D eigenvalue weighted by molar-refractivity contribution is 6.34. The lowest BCUT2D eigenvalue weighted by atomic mass is 9.82. The molecular formula is C17H21ClN2O4. The first-order chi connectivity index (χ1) is 11.6. The van der Waals surface area contributed by atoms with E-state index in [1.807, 2.05) is 6.07 Å². The number of hydrogen-bond acceptors (Lipinski definition) is 4. The third-order valence-corrected chi connectivity index (χ3v) is 5.11. The van der Waals surface area contributed by atoms with E-state index in [2.05, 4.69) is 5.32 Å². The first kappa shape index (κ1) is 17.2. The number of rotatable bonds is 3. The van der Waals surface area contributed by atoms with Crippen molar-refractivity contribution in [2.24, 2.45) is 5.92 Å². The summed E-state index contributed by atoms with van der Waals surface area (Å²) in [5.41, 5.74) is 4.19. The topological polar surface area (TPSA) is 87.7 Å². The van der Waals surface area contributed by atoms with Crippen molar-refractivity contribution in [3.05, 3.63) is 33.8 Å². The quantitative estimate of drug-likeness (QED) is 0.572. The molecule has 0 spiro atoms. The van der Waals surface area contributed by atoms with Crippen molar-refractivity contribution < 1.29 is 19.5 Å². The maximum atomic E-state index is 12.5. The van der Waals surface area contributed by atoms with Gasteiger partial charge in [-0.3, -0.25) is 14.8 Å². The molecule has 2 aliphatic rings. The van der Waals surface area contributed by atoms with E-state index in [9.17, 15) is 9.59 Å². The number of nitrogens with one attached hydrogen (secondary N) is 2. The maximum Gasteiger partial charge on any atom is 0.253 e. The summed E-state index contributed by atoms with van der Waals surface area (Å²) in [6, 6.07) is 3.72. The summed E-state index contributed by atoms with van der Waals surface area (Å²) in [7, 11) is 0. The van der Waals surface area contributed by atoms with Gasteiger partial charge in [0, 0.05) is 25.2 Å². The Morgan fingerprint density at radius 2 is 1.92 bits per heavy atom. The predicted octanol–water partition coefficient (Wildman–Crippen LogP) is 1.86. The molecule has 1 atom stereocenters. The first-order valence-electron chi connectivity index (χ1n) is 8.22. The van der Waals surface area contributed by atoms with Gasteiger partial charge in [-0.1, -0.05) is 11.6 Å². The molecule has 6 nitrogen and oxygen atoms in total. The molecule has 3 N–H and O–H groups in total. The Balaban J connectivity index is 1.74. The van der Waals surface area contributed by atoms with Crippen LogP contribution in [0.2, 0.25) is 5.02 Å². The molecule has 0 radical (unpaired) electrons. The molecule has 1 unspecified atom stereocenters. The number of carbonyl (C=O) groups excluding carboxylic acids is 2. The Labute approximate surface area is 145 Å². The second kappa shape index (κ2) is 7.51. The molecular weight excluding hydrogens is 332 g/mol. The van der Waals surface area contributed by atoms with Gasteiger partial charge in [0.15, 0.2) is 0 Å². The molecule has 1 aromatic carbocycles. The number of aryl methyl sites for hydroxylation is 1. The molecule has 3 rings (SSSR count). The zero-order valence-electron chi connectivity index (χ0n) is 13.3. The Hall–Kier alpha value is -1.63. The van der Waals surface area contributed by atoms with Crippen molar-refractivity contribution in [3.63, 3.8) is 0 Å². The molecule has 1 aliphatic heterocycles. The lowest BCUT2D eigenvalue weighted by Gasteiger charge is -2.25. The number of halogens is 1. The van der Waals surface area contributed by atoms with E-state index >= 15 is 0 Å². The van der Waals surface area contributed by atoms with Crippen molar-refractivity contribution >= 4 is 23.4 Å². The first-order valence-corrected chi connectivity index (χ1v) is 8.60. The largest absolute Gasteiger partial charge is 0.381 e. The summed E-state index contributed by atoms with van der Waals surface area (Å²) in [6.45, 7) is 1.33. The fourth-order valence-electron chi connectivity index (χ4n) is 3.37. The van der Waals surface area contributed by atoms with Gasteiger partial charge in [-0.25, -0.2) is 5.48 Å². The van der Waals surface area contributed by atoms with Gasteiger partial charge < -0.3 is 10.1 Å². The van der Waals surface area contributed by atoms with Crippen LogP contribution in [0.4, 0.5) is 0 Å². The number of amides is 2. The average molecular weight is 353 g/mol. The maximum absolute atomic E-state index is 12.5. The molecule has 0 saturated carbocycles. The molecule has 1 aliphatic carbocycles. The third-order valence-electron chi connectivity index (χ3n) is 4.80. The number of carbonyl (C=O) groups is 2. The smallest absolute Gasteiger partial charge is 0.253 e. The van der Waals surface area contributed by atoms with Crippen LogP contribution in [-0.4, -0.2) is 36.3 Å². The third kappa shape index (κ3) is 3.71. The predicted molar refractivity (Wildman–Crippen MR) is 88.2 cm³/mol. The number of fused-ring (bicyclic) bond motifs is 1. The van der Waals surface area contributed by atoms with E-state index in [4.69, 9.17) is 21.5 Å². The number of benzene rings is 1. The minimum absolute atomic E-state index is 0.121. The lowest BCUT2D eigenvalue weighted by molar-refractivity contribution is -0.133. The summed E-state index contributed by atoms with van der Waals surface area (Å²) < 4.78 is 5.30. The normalized spacial score (nSPS) is 21.0. The molecule has 0 aromatic heterocycles. The number of hydroxylamine groups is 1. The van der Waals surface area contributed by atoms with Crippen LogP contribution in [0.15, 0.2) is 12.1 Å². The van der Waals surface area contributed by atoms with Crippen LogP contribution in [0.5, 0.6) is 0 Å². The van der Waals surface area contributed by atoms with Gasteiger partial charge in [0.25, 0.3) is 5.91 Å². The zero-order chi connectivity index (χ0) is 17.1. The van der Waals surface area contributed by atoms with E-state index in [-0.39, 0.29) is 23.8 Å². The monoisotopic (exact) mass is 352 g/mol. The van der Waals surface area contributed by atoms with Crippen molar-refractivity contribution in [2.75, 3.05) is 13.2 Å². The van der Waals surface area contributed by atoms with E-state index in [1.165, 1.54) is 0 Å².